The third-order valence-corrected chi connectivity index (χ3v) is 3.55. The fraction of sp³-hybridized carbons (Fsp3) is 0.846. The van der Waals surface area contributed by atoms with Gasteiger partial charge in [-0.15, -0.1) is 0 Å². The molecule has 0 radical (unpaired) electrons. The topological polar surface area (TPSA) is 66.8 Å². The minimum Gasteiger partial charge on any atom is -0.479 e. The molecule has 0 aromatic carbocycles. The molecule has 18 heavy (non-hydrogen) atoms. The van der Waals surface area contributed by atoms with E-state index in [0.29, 0.717) is 18.8 Å². The molecule has 0 aromatic heterocycles. The average Bonchev–Trinajstić information content (AvgIpc) is 3.01. The van der Waals surface area contributed by atoms with E-state index in [4.69, 9.17) is 9.84 Å². The highest BCUT2D eigenvalue weighted by Crippen LogP contribution is 2.31. The van der Waals surface area contributed by atoms with Gasteiger partial charge in [0.2, 0.25) is 0 Å². The first kappa shape index (κ1) is 13.3. The second-order valence-electron chi connectivity index (χ2n) is 5.26. The Balaban J connectivity index is 1.89. The van der Waals surface area contributed by atoms with Gasteiger partial charge in [0.15, 0.2) is 6.10 Å². The summed E-state index contributed by atoms with van der Waals surface area (Å²) >= 11 is 0. The van der Waals surface area contributed by atoms with Gasteiger partial charge in [0.1, 0.15) is 6.10 Å². The van der Waals surface area contributed by atoms with Crippen molar-refractivity contribution in [2.75, 3.05) is 13.1 Å². The Labute approximate surface area is 107 Å². The van der Waals surface area contributed by atoms with Crippen LogP contribution < -0.4 is 0 Å². The Kier molecular flexibility index (Phi) is 4.22. The SMILES string of the molecule is CCCN(CC1CC1)C(=O)[C@@H]1CC[C@H](C(=O)O)O1. The highest BCUT2D eigenvalue weighted by molar-refractivity contribution is 5.82. The molecule has 0 aromatic rings. The molecule has 0 bridgehead atoms. The number of nitrogens with zero attached hydrogens (tertiary/aromatic N) is 1. The zero-order chi connectivity index (χ0) is 13.1. The van der Waals surface area contributed by atoms with Crippen molar-refractivity contribution in [2.45, 2.75) is 51.2 Å². The van der Waals surface area contributed by atoms with Gasteiger partial charge in [-0.1, -0.05) is 6.92 Å². The van der Waals surface area contributed by atoms with Gasteiger partial charge in [0.25, 0.3) is 5.91 Å². The molecule has 2 rings (SSSR count). The Morgan fingerprint density at radius 3 is 2.39 bits per heavy atom. The standard InChI is InChI=1S/C13H21NO4/c1-2-7-14(8-9-3-4-9)12(15)10-5-6-11(18-10)13(16)17/h9-11H,2-8H2,1H3,(H,16,17)/t10-,11+/m0/s1. The van der Waals surface area contributed by atoms with Crippen LogP contribution in [0, 0.1) is 5.92 Å². The summed E-state index contributed by atoms with van der Waals surface area (Å²) in [6.07, 6.45) is 2.96. The lowest BCUT2D eigenvalue weighted by atomic mass is 10.1. The lowest BCUT2D eigenvalue weighted by Gasteiger charge is -2.25. The number of aliphatic carboxylic acids is 1. The molecular weight excluding hydrogens is 234 g/mol. The van der Waals surface area contributed by atoms with Crippen molar-refractivity contribution in [2.24, 2.45) is 5.92 Å². The minimum atomic E-state index is -0.963. The van der Waals surface area contributed by atoms with Crippen LogP contribution >= 0.6 is 0 Å². The first-order valence-electron chi connectivity index (χ1n) is 6.79. The molecule has 1 saturated heterocycles. The van der Waals surface area contributed by atoms with Crippen LogP contribution in [-0.4, -0.2) is 47.2 Å². The number of hydrogen-bond acceptors (Lipinski definition) is 3. The Bertz CT molecular complexity index is 327. The van der Waals surface area contributed by atoms with Crippen LogP contribution in [0.1, 0.15) is 39.0 Å². The van der Waals surface area contributed by atoms with Crippen molar-refractivity contribution < 1.29 is 19.4 Å². The number of ether oxygens (including phenoxy) is 1. The molecule has 2 atom stereocenters. The van der Waals surface area contributed by atoms with Gasteiger partial charge < -0.3 is 14.7 Å². The Hall–Kier alpha value is -1.10. The van der Waals surface area contributed by atoms with E-state index in [-0.39, 0.29) is 5.91 Å². The van der Waals surface area contributed by atoms with Gasteiger partial charge >= 0.3 is 5.97 Å². The second-order valence-corrected chi connectivity index (χ2v) is 5.26. The molecule has 1 heterocycles. The van der Waals surface area contributed by atoms with Gasteiger partial charge in [-0.05, 0) is 38.0 Å². The molecule has 1 amide bonds. The highest BCUT2D eigenvalue weighted by Gasteiger charge is 2.37. The molecule has 2 fully saturated rings. The van der Waals surface area contributed by atoms with Gasteiger partial charge in [0, 0.05) is 13.1 Å². The van der Waals surface area contributed by atoms with E-state index in [0.717, 1.165) is 19.5 Å². The zero-order valence-corrected chi connectivity index (χ0v) is 10.8. The van der Waals surface area contributed by atoms with Gasteiger partial charge in [-0.25, -0.2) is 4.79 Å². The fourth-order valence-corrected chi connectivity index (χ4v) is 2.38. The van der Waals surface area contributed by atoms with Crippen LogP contribution in [0.25, 0.3) is 0 Å². The Morgan fingerprint density at radius 2 is 1.89 bits per heavy atom. The number of amides is 1. The molecule has 102 valence electrons. The number of hydrogen-bond donors (Lipinski definition) is 1. The molecule has 5 heteroatoms. The van der Waals surface area contributed by atoms with E-state index in [1.165, 1.54) is 12.8 Å². The maximum Gasteiger partial charge on any atom is 0.332 e. The molecule has 1 aliphatic carbocycles. The number of carbonyl (C=O) groups excluding carboxylic acids is 1. The third-order valence-electron chi connectivity index (χ3n) is 3.55. The maximum atomic E-state index is 12.3. The molecule has 0 unspecified atom stereocenters. The van der Waals surface area contributed by atoms with Crippen molar-refractivity contribution in [3.63, 3.8) is 0 Å². The molecule has 0 spiro atoms. The molecular formula is C13H21NO4. The van der Waals surface area contributed by atoms with E-state index in [9.17, 15) is 9.59 Å². The van der Waals surface area contributed by atoms with Gasteiger partial charge in [-0.3, -0.25) is 4.79 Å². The van der Waals surface area contributed by atoms with E-state index < -0.39 is 18.2 Å². The highest BCUT2D eigenvalue weighted by atomic mass is 16.5. The van der Waals surface area contributed by atoms with Crippen LogP contribution in [0.5, 0.6) is 0 Å². The first-order valence-corrected chi connectivity index (χ1v) is 6.79. The molecule has 1 aliphatic heterocycles. The Morgan fingerprint density at radius 1 is 1.22 bits per heavy atom. The lowest BCUT2D eigenvalue weighted by Crippen LogP contribution is -2.41. The maximum absolute atomic E-state index is 12.3. The smallest absolute Gasteiger partial charge is 0.332 e. The third kappa shape index (κ3) is 3.22. The fourth-order valence-electron chi connectivity index (χ4n) is 2.38. The van der Waals surface area contributed by atoms with E-state index in [2.05, 4.69) is 0 Å². The molecule has 2 aliphatic rings. The van der Waals surface area contributed by atoms with Crippen molar-refractivity contribution in [3.8, 4) is 0 Å². The monoisotopic (exact) mass is 255 g/mol. The summed E-state index contributed by atoms with van der Waals surface area (Å²) in [5.41, 5.74) is 0. The summed E-state index contributed by atoms with van der Waals surface area (Å²) in [6.45, 7) is 3.60. The van der Waals surface area contributed by atoms with Crippen molar-refractivity contribution in [3.05, 3.63) is 0 Å². The lowest BCUT2D eigenvalue weighted by molar-refractivity contribution is -0.154. The molecule has 5 nitrogen and oxygen atoms in total. The number of rotatable bonds is 6. The van der Waals surface area contributed by atoms with Gasteiger partial charge in [0.05, 0.1) is 0 Å². The van der Waals surface area contributed by atoms with Crippen LogP contribution in [-0.2, 0) is 14.3 Å². The normalized spacial score (nSPS) is 27.2. The van der Waals surface area contributed by atoms with Crippen LogP contribution in [0.15, 0.2) is 0 Å². The summed E-state index contributed by atoms with van der Waals surface area (Å²) in [5, 5.41) is 8.86. The number of carboxylic acids is 1. The number of carbonyl (C=O) groups is 2. The van der Waals surface area contributed by atoms with Crippen LogP contribution in [0.3, 0.4) is 0 Å². The van der Waals surface area contributed by atoms with Crippen molar-refractivity contribution in [1.29, 1.82) is 0 Å². The predicted octanol–water partition coefficient (Wildman–Crippen LogP) is 1.27. The van der Waals surface area contributed by atoms with E-state index in [1.807, 2.05) is 11.8 Å². The molecule has 1 saturated carbocycles. The summed E-state index contributed by atoms with van der Waals surface area (Å²) in [7, 11) is 0. The minimum absolute atomic E-state index is 0.0208. The first-order chi connectivity index (χ1) is 8.61. The van der Waals surface area contributed by atoms with Crippen molar-refractivity contribution in [1.82, 2.24) is 4.90 Å². The predicted molar refractivity (Wildman–Crippen MR) is 65.1 cm³/mol. The summed E-state index contributed by atoms with van der Waals surface area (Å²) in [6, 6.07) is 0. The summed E-state index contributed by atoms with van der Waals surface area (Å²) in [4.78, 5) is 24.9. The van der Waals surface area contributed by atoms with Crippen LogP contribution in [0.4, 0.5) is 0 Å². The van der Waals surface area contributed by atoms with E-state index in [1.54, 1.807) is 0 Å². The summed E-state index contributed by atoms with van der Waals surface area (Å²) < 4.78 is 5.32. The quantitative estimate of drug-likeness (QED) is 0.776. The largest absolute Gasteiger partial charge is 0.479 e. The molecule has 1 N–H and O–H groups in total. The van der Waals surface area contributed by atoms with Crippen molar-refractivity contribution >= 4 is 11.9 Å². The van der Waals surface area contributed by atoms with Crippen LogP contribution in [0.2, 0.25) is 0 Å². The zero-order valence-electron chi connectivity index (χ0n) is 10.8. The summed E-state index contributed by atoms with van der Waals surface area (Å²) in [5.74, 6) is -0.334. The van der Waals surface area contributed by atoms with E-state index >= 15 is 0 Å². The second kappa shape index (κ2) is 5.69. The van der Waals surface area contributed by atoms with Gasteiger partial charge in [-0.2, -0.15) is 0 Å². The average molecular weight is 255 g/mol. The number of carboxylic acid groups (broad SMARTS) is 1.